The van der Waals surface area contributed by atoms with E-state index in [1.54, 1.807) is 11.0 Å². The van der Waals surface area contributed by atoms with Crippen LogP contribution in [0.15, 0.2) is 83.9 Å². The quantitative estimate of drug-likeness (QED) is 0.178. The monoisotopic (exact) mass is 523 g/mol. The molecule has 2 amide bonds. The van der Waals surface area contributed by atoms with Crippen molar-refractivity contribution >= 4 is 45.9 Å². The van der Waals surface area contributed by atoms with Crippen LogP contribution < -0.4 is 5.73 Å². The predicted molar refractivity (Wildman–Crippen MR) is 148 cm³/mol. The number of likely N-dealkylation sites (tertiary alicyclic amines) is 1. The Morgan fingerprint density at radius 1 is 1.15 bits per heavy atom. The Morgan fingerprint density at radius 2 is 1.90 bits per heavy atom. The number of H-pyrrole nitrogens is 1. The van der Waals surface area contributed by atoms with Gasteiger partial charge in [-0.15, -0.1) is 0 Å². The number of benzene rings is 3. The highest BCUT2D eigenvalue weighted by molar-refractivity contribution is 6.22. The number of aliphatic imine (C=N–C) groups is 1. The summed E-state index contributed by atoms with van der Waals surface area (Å²) in [7, 11) is 0. The molecule has 0 aliphatic carbocycles. The Morgan fingerprint density at radius 3 is 2.56 bits per heavy atom. The molecule has 2 heterocycles. The standard InChI is InChI=1S/C29H25N5O5/c30-28(36)20-15-25(35)33(17-20)14-4-5-18-8-10-21(11-9-18)31-27(19-6-2-1-3-7-19)26-23-16-22(34(38)39)12-13-24(23)32-29(26)37/h1-13,16,20,32,37H,14-15,17H2,(H2,30,36). The zero-order valence-electron chi connectivity index (χ0n) is 20.8. The number of nitro groups is 1. The van der Waals surface area contributed by atoms with Crippen LogP contribution in [0.3, 0.4) is 0 Å². The van der Waals surface area contributed by atoms with Gasteiger partial charge in [0.1, 0.15) is 0 Å². The van der Waals surface area contributed by atoms with Crippen molar-refractivity contribution in [2.24, 2.45) is 16.6 Å². The molecule has 1 aliphatic heterocycles. The number of rotatable bonds is 8. The molecule has 0 bridgehead atoms. The molecule has 10 heteroatoms. The lowest BCUT2D eigenvalue weighted by Crippen LogP contribution is -2.28. The van der Waals surface area contributed by atoms with Gasteiger partial charge >= 0.3 is 0 Å². The Hall–Kier alpha value is -5.25. The molecule has 1 atom stereocenters. The van der Waals surface area contributed by atoms with Crippen LogP contribution in [0.25, 0.3) is 17.0 Å². The summed E-state index contributed by atoms with van der Waals surface area (Å²) in [5.74, 6) is -1.13. The van der Waals surface area contributed by atoms with Crippen molar-refractivity contribution in [2.75, 3.05) is 13.1 Å². The SMILES string of the molecule is NC(=O)C1CC(=O)N(CC=Cc2ccc(N=C(c3ccccc3)c3c(O)[nH]c4ccc([N+](=O)[O-])cc34)cc2)C1. The van der Waals surface area contributed by atoms with E-state index in [1.165, 1.54) is 12.1 Å². The number of fused-ring (bicyclic) bond motifs is 1. The maximum Gasteiger partial charge on any atom is 0.270 e. The third kappa shape index (κ3) is 5.40. The largest absolute Gasteiger partial charge is 0.494 e. The van der Waals surface area contributed by atoms with E-state index in [4.69, 9.17) is 10.7 Å². The van der Waals surface area contributed by atoms with E-state index in [0.717, 1.165) is 11.1 Å². The number of nitrogens with zero attached hydrogens (tertiary/aromatic N) is 3. The average Bonchev–Trinajstić information content (AvgIpc) is 3.47. The van der Waals surface area contributed by atoms with Crippen molar-refractivity contribution < 1.29 is 19.6 Å². The Bertz CT molecular complexity index is 1620. The van der Waals surface area contributed by atoms with Crippen LogP contribution in [0.2, 0.25) is 0 Å². The highest BCUT2D eigenvalue weighted by Gasteiger charge is 2.32. The minimum atomic E-state index is -0.478. The van der Waals surface area contributed by atoms with Gasteiger partial charge in [0.2, 0.25) is 11.8 Å². The summed E-state index contributed by atoms with van der Waals surface area (Å²) in [5, 5.41) is 22.7. The van der Waals surface area contributed by atoms with Crippen molar-refractivity contribution in [1.82, 2.24) is 9.88 Å². The molecule has 39 heavy (non-hydrogen) atoms. The van der Waals surface area contributed by atoms with Gasteiger partial charge in [-0.25, -0.2) is 4.99 Å². The van der Waals surface area contributed by atoms with E-state index in [-0.39, 0.29) is 23.9 Å². The zero-order valence-corrected chi connectivity index (χ0v) is 20.8. The number of nitro benzene ring substituents is 1. The van der Waals surface area contributed by atoms with E-state index in [2.05, 4.69) is 4.98 Å². The van der Waals surface area contributed by atoms with Gasteiger partial charge in [-0.1, -0.05) is 54.6 Å². The molecule has 5 rings (SSSR count). The van der Waals surface area contributed by atoms with Crippen molar-refractivity contribution in [3.05, 3.63) is 106 Å². The maximum absolute atomic E-state index is 12.1. The lowest BCUT2D eigenvalue weighted by atomic mass is 10.0. The number of aromatic hydroxyl groups is 1. The summed E-state index contributed by atoms with van der Waals surface area (Å²) in [5.41, 5.74) is 8.84. The summed E-state index contributed by atoms with van der Waals surface area (Å²) >= 11 is 0. The molecule has 1 aromatic heterocycles. The number of aromatic nitrogens is 1. The summed E-state index contributed by atoms with van der Waals surface area (Å²) < 4.78 is 0. The fourth-order valence-electron chi connectivity index (χ4n) is 4.62. The third-order valence-corrected chi connectivity index (χ3v) is 6.64. The number of carbonyl (C=O) groups is 2. The van der Waals surface area contributed by atoms with Crippen molar-refractivity contribution in [3.8, 4) is 5.88 Å². The normalized spacial score (nSPS) is 15.9. The van der Waals surface area contributed by atoms with Crippen LogP contribution in [-0.4, -0.2) is 50.5 Å². The predicted octanol–water partition coefficient (Wildman–Crippen LogP) is 4.30. The summed E-state index contributed by atoms with van der Waals surface area (Å²) in [4.78, 5) is 43.7. The molecule has 1 unspecified atom stereocenters. The second-order valence-corrected chi connectivity index (χ2v) is 9.26. The number of aromatic amines is 1. The minimum absolute atomic E-state index is 0.0903. The molecule has 4 aromatic rings. The number of hydrogen-bond donors (Lipinski definition) is 3. The number of nitrogens with one attached hydrogen (secondary N) is 1. The first-order valence-corrected chi connectivity index (χ1v) is 12.3. The van der Waals surface area contributed by atoms with Gasteiger partial charge in [-0.2, -0.15) is 0 Å². The van der Waals surface area contributed by atoms with Crippen molar-refractivity contribution in [2.45, 2.75) is 6.42 Å². The van der Waals surface area contributed by atoms with Crippen LogP contribution in [0.5, 0.6) is 5.88 Å². The van der Waals surface area contributed by atoms with Crippen LogP contribution in [0, 0.1) is 16.0 Å². The Labute approximate surface area is 223 Å². The highest BCUT2D eigenvalue weighted by atomic mass is 16.6. The van der Waals surface area contributed by atoms with Gasteiger partial charge in [0.05, 0.1) is 27.8 Å². The lowest BCUT2D eigenvalue weighted by molar-refractivity contribution is -0.384. The van der Waals surface area contributed by atoms with E-state index in [1.807, 2.05) is 66.7 Å². The maximum atomic E-state index is 12.1. The number of primary amides is 1. The lowest BCUT2D eigenvalue weighted by Gasteiger charge is -2.13. The molecular formula is C29H25N5O5. The molecule has 0 spiro atoms. The number of nitrogens with two attached hydrogens (primary N) is 1. The van der Waals surface area contributed by atoms with Crippen LogP contribution in [0.1, 0.15) is 23.1 Å². The molecule has 196 valence electrons. The van der Waals surface area contributed by atoms with E-state index in [9.17, 15) is 24.8 Å². The minimum Gasteiger partial charge on any atom is -0.494 e. The second kappa shape index (κ2) is 10.6. The van der Waals surface area contributed by atoms with Crippen LogP contribution >= 0.6 is 0 Å². The summed E-state index contributed by atoms with van der Waals surface area (Å²) in [6.45, 7) is 0.713. The number of carbonyl (C=O) groups excluding carboxylic acids is 2. The first-order chi connectivity index (χ1) is 18.8. The first-order valence-electron chi connectivity index (χ1n) is 12.3. The first kappa shape index (κ1) is 25.4. The molecule has 10 nitrogen and oxygen atoms in total. The van der Waals surface area contributed by atoms with Crippen molar-refractivity contribution in [3.63, 3.8) is 0 Å². The fourth-order valence-corrected chi connectivity index (χ4v) is 4.62. The molecule has 0 radical (unpaired) electrons. The second-order valence-electron chi connectivity index (χ2n) is 9.26. The molecule has 0 saturated carbocycles. The topological polar surface area (TPSA) is 155 Å². The smallest absolute Gasteiger partial charge is 0.270 e. The zero-order chi connectivity index (χ0) is 27.5. The summed E-state index contributed by atoms with van der Waals surface area (Å²) in [6, 6.07) is 21.0. The number of non-ortho nitro benzene ring substituents is 1. The van der Waals surface area contributed by atoms with Gasteiger partial charge < -0.3 is 20.7 Å². The Kier molecular flexibility index (Phi) is 6.92. The van der Waals surface area contributed by atoms with Gasteiger partial charge in [0.15, 0.2) is 5.88 Å². The summed E-state index contributed by atoms with van der Waals surface area (Å²) in [6.07, 6.45) is 3.88. The molecule has 3 aromatic carbocycles. The van der Waals surface area contributed by atoms with Gasteiger partial charge in [-0.05, 0) is 23.8 Å². The van der Waals surface area contributed by atoms with Gasteiger partial charge in [0, 0.05) is 48.1 Å². The van der Waals surface area contributed by atoms with E-state index >= 15 is 0 Å². The Balaban J connectivity index is 1.44. The van der Waals surface area contributed by atoms with Gasteiger partial charge in [-0.3, -0.25) is 19.7 Å². The van der Waals surface area contributed by atoms with Crippen LogP contribution in [-0.2, 0) is 9.59 Å². The highest BCUT2D eigenvalue weighted by Crippen LogP contribution is 2.33. The molecule has 1 saturated heterocycles. The van der Waals surface area contributed by atoms with E-state index < -0.39 is 16.7 Å². The fraction of sp³-hybridized carbons (Fsp3) is 0.138. The molecular weight excluding hydrogens is 498 g/mol. The van der Waals surface area contributed by atoms with Crippen molar-refractivity contribution in [1.29, 1.82) is 0 Å². The molecule has 1 fully saturated rings. The molecule has 1 aliphatic rings. The van der Waals surface area contributed by atoms with E-state index in [0.29, 0.717) is 41.0 Å². The van der Waals surface area contributed by atoms with Crippen LogP contribution in [0.4, 0.5) is 11.4 Å². The van der Waals surface area contributed by atoms with Gasteiger partial charge in [0.25, 0.3) is 5.69 Å². The average molecular weight is 524 g/mol. The number of amides is 2. The third-order valence-electron chi connectivity index (χ3n) is 6.64. The molecule has 4 N–H and O–H groups in total. The number of hydrogen-bond acceptors (Lipinski definition) is 6.